The van der Waals surface area contributed by atoms with Crippen LogP contribution < -0.4 is 0 Å². The molecule has 16 heavy (non-hydrogen) atoms. The maximum Gasteiger partial charge on any atom is 0.204 e. The molecule has 3 rings (SSSR count). The normalized spacial score (nSPS) is 11.1. The molecule has 80 valence electrons. The number of tetrazole rings is 1. The van der Waals surface area contributed by atoms with Crippen LogP contribution in [0.25, 0.3) is 22.4 Å². The summed E-state index contributed by atoms with van der Waals surface area (Å²) in [7, 11) is 0. The fraction of sp³-hybridized carbons (Fsp3) is 0.200. The van der Waals surface area contributed by atoms with Crippen molar-refractivity contribution in [3.05, 3.63) is 24.0 Å². The summed E-state index contributed by atoms with van der Waals surface area (Å²) in [5, 5.41) is 13.9. The number of aryl methyl sites for hydroxylation is 1. The van der Waals surface area contributed by atoms with Gasteiger partial charge in [0.05, 0.1) is 11.0 Å². The number of imidazole rings is 1. The van der Waals surface area contributed by atoms with Crippen LogP contribution in [0.5, 0.6) is 0 Å². The summed E-state index contributed by atoms with van der Waals surface area (Å²) < 4.78 is 0. The van der Waals surface area contributed by atoms with Crippen molar-refractivity contribution in [3.8, 4) is 11.4 Å². The first-order valence-corrected chi connectivity index (χ1v) is 5.09. The third-order valence-electron chi connectivity index (χ3n) is 2.47. The number of nitrogens with one attached hydrogen (secondary N) is 2. The number of aromatic nitrogens is 6. The second-order valence-corrected chi connectivity index (χ2v) is 3.50. The van der Waals surface area contributed by atoms with Crippen molar-refractivity contribution in [1.29, 1.82) is 0 Å². The Kier molecular flexibility index (Phi) is 1.92. The number of H-pyrrole nitrogens is 2. The number of nitrogens with zero attached hydrogens (tertiary/aromatic N) is 4. The lowest BCUT2D eigenvalue weighted by atomic mass is 10.2. The van der Waals surface area contributed by atoms with Gasteiger partial charge in [0.1, 0.15) is 5.82 Å². The van der Waals surface area contributed by atoms with Crippen molar-refractivity contribution < 1.29 is 0 Å². The molecular formula is C10H10N6. The average molecular weight is 214 g/mol. The van der Waals surface area contributed by atoms with Gasteiger partial charge in [-0.1, -0.05) is 6.92 Å². The van der Waals surface area contributed by atoms with E-state index >= 15 is 0 Å². The largest absolute Gasteiger partial charge is 0.342 e. The quantitative estimate of drug-likeness (QED) is 0.673. The molecule has 0 aliphatic carbocycles. The van der Waals surface area contributed by atoms with Gasteiger partial charge >= 0.3 is 0 Å². The smallest absolute Gasteiger partial charge is 0.204 e. The van der Waals surface area contributed by atoms with Gasteiger partial charge in [-0.3, -0.25) is 0 Å². The molecule has 0 atom stereocenters. The molecule has 0 radical (unpaired) electrons. The van der Waals surface area contributed by atoms with E-state index in [4.69, 9.17) is 0 Å². The van der Waals surface area contributed by atoms with E-state index < -0.39 is 0 Å². The Labute approximate surface area is 91.1 Å². The highest BCUT2D eigenvalue weighted by Gasteiger charge is 2.06. The van der Waals surface area contributed by atoms with Crippen LogP contribution in [0.15, 0.2) is 18.2 Å². The van der Waals surface area contributed by atoms with Crippen molar-refractivity contribution in [2.24, 2.45) is 0 Å². The molecule has 2 heterocycles. The zero-order valence-electron chi connectivity index (χ0n) is 8.73. The zero-order valence-corrected chi connectivity index (χ0v) is 8.73. The van der Waals surface area contributed by atoms with E-state index in [9.17, 15) is 0 Å². The highest BCUT2D eigenvalue weighted by Crippen LogP contribution is 2.19. The Morgan fingerprint density at radius 2 is 2.25 bits per heavy atom. The van der Waals surface area contributed by atoms with Gasteiger partial charge in [-0.25, -0.2) is 4.98 Å². The molecule has 0 bridgehead atoms. The number of hydrogen-bond donors (Lipinski definition) is 2. The fourth-order valence-corrected chi connectivity index (χ4v) is 1.65. The SMILES string of the molecule is CCc1nc2ccc(-c3nn[nH]n3)cc2[nH]1. The van der Waals surface area contributed by atoms with E-state index in [1.54, 1.807) is 0 Å². The number of hydrogen-bond acceptors (Lipinski definition) is 4. The summed E-state index contributed by atoms with van der Waals surface area (Å²) in [6.07, 6.45) is 0.895. The van der Waals surface area contributed by atoms with Crippen LogP contribution >= 0.6 is 0 Å². The molecule has 3 aromatic rings. The molecule has 0 aliphatic rings. The Morgan fingerprint density at radius 3 is 3.00 bits per heavy atom. The fourth-order valence-electron chi connectivity index (χ4n) is 1.65. The molecule has 0 amide bonds. The molecule has 0 aliphatic heterocycles. The van der Waals surface area contributed by atoms with Crippen LogP contribution in [0, 0.1) is 0 Å². The van der Waals surface area contributed by atoms with E-state index in [2.05, 4.69) is 37.5 Å². The van der Waals surface area contributed by atoms with Crippen LogP contribution in [0.1, 0.15) is 12.7 Å². The van der Waals surface area contributed by atoms with Gasteiger partial charge in [0, 0.05) is 12.0 Å². The Bertz CT molecular complexity index is 609. The van der Waals surface area contributed by atoms with Crippen molar-refractivity contribution in [1.82, 2.24) is 30.6 Å². The minimum absolute atomic E-state index is 0.592. The molecule has 0 unspecified atom stereocenters. The number of benzene rings is 1. The van der Waals surface area contributed by atoms with Gasteiger partial charge < -0.3 is 4.98 Å². The van der Waals surface area contributed by atoms with E-state index in [0.29, 0.717) is 5.82 Å². The van der Waals surface area contributed by atoms with Gasteiger partial charge in [0.2, 0.25) is 5.82 Å². The minimum atomic E-state index is 0.592. The molecule has 1 aromatic carbocycles. The summed E-state index contributed by atoms with van der Waals surface area (Å²) in [6.45, 7) is 2.07. The Hall–Kier alpha value is -2.24. The van der Waals surface area contributed by atoms with Crippen LogP contribution in [0.3, 0.4) is 0 Å². The van der Waals surface area contributed by atoms with E-state index in [1.165, 1.54) is 0 Å². The molecule has 2 aromatic heterocycles. The summed E-state index contributed by atoms with van der Waals surface area (Å²) in [4.78, 5) is 7.68. The van der Waals surface area contributed by atoms with Crippen molar-refractivity contribution in [2.45, 2.75) is 13.3 Å². The van der Waals surface area contributed by atoms with Crippen LogP contribution in [0.2, 0.25) is 0 Å². The maximum atomic E-state index is 4.43. The van der Waals surface area contributed by atoms with Gasteiger partial charge in [-0.15, -0.1) is 10.2 Å². The van der Waals surface area contributed by atoms with Crippen molar-refractivity contribution in [3.63, 3.8) is 0 Å². The third-order valence-corrected chi connectivity index (χ3v) is 2.47. The Morgan fingerprint density at radius 1 is 1.31 bits per heavy atom. The van der Waals surface area contributed by atoms with Crippen LogP contribution in [-0.2, 0) is 6.42 Å². The van der Waals surface area contributed by atoms with Gasteiger partial charge in [0.15, 0.2) is 0 Å². The summed E-state index contributed by atoms with van der Waals surface area (Å²) in [5.41, 5.74) is 2.88. The van der Waals surface area contributed by atoms with Gasteiger partial charge in [0.25, 0.3) is 0 Å². The third kappa shape index (κ3) is 1.35. The first kappa shape index (κ1) is 9.02. The van der Waals surface area contributed by atoms with Crippen LogP contribution in [0.4, 0.5) is 0 Å². The predicted octanol–water partition coefficient (Wildman–Crippen LogP) is 1.31. The predicted molar refractivity (Wildman–Crippen MR) is 58.6 cm³/mol. The molecule has 6 heteroatoms. The first-order valence-electron chi connectivity index (χ1n) is 5.09. The van der Waals surface area contributed by atoms with Crippen molar-refractivity contribution >= 4 is 11.0 Å². The second-order valence-electron chi connectivity index (χ2n) is 3.50. The lowest BCUT2D eigenvalue weighted by molar-refractivity contribution is 0.881. The summed E-state index contributed by atoms with van der Waals surface area (Å²) in [5.74, 6) is 1.58. The molecule has 0 fully saturated rings. The van der Waals surface area contributed by atoms with E-state index in [-0.39, 0.29) is 0 Å². The standard InChI is InChI=1S/C10H10N6/c1-2-9-11-7-4-3-6(5-8(7)12-9)10-13-15-16-14-10/h3-5H,2H2,1H3,(H,11,12)(H,13,14,15,16). The van der Waals surface area contributed by atoms with Gasteiger partial charge in [-0.2, -0.15) is 5.21 Å². The number of fused-ring (bicyclic) bond motifs is 1. The second kappa shape index (κ2) is 3.41. The lowest BCUT2D eigenvalue weighted by Crippen LogP contribution is -1.81. The summed E-state index contributed by atoms with van der Waals surface area (Å²) >= 11 is 0. The molecular weight excluding hydrogens is 204 g/mol. The van der Waals surface area contributed by atoms with E-state index in [0.717, 1.165) is 28.8 Å². The van der Waals surface area contributed by atoms with Crippen LogP contribution in [-0.4, -0.2) is 30.6 Å². The minimum Gasteiger partial charge on any atom is -0.342 e. The monoisotopic (exact) mass is 214 g/mol. The van der Waals surface area contributed by atoms with E-state index in [1.807, 2.05) is 18.2 Å². The van der Waals surface area contributed by atoms with Gasteiger partial charge in [-0.05, 0) is 23.4 Å². The lowest BCUT2D eigenvalue weighted by Gasteiger charge is -1.93. The molecule has 2 N–H and O–H groups in total. The van der Waals surface area contributed by atoms with Crippen molar-refractivity contribution in [2.75, 3.05) is 0 Å². The highest BCUT2D eigenvalue weighted by atomic mass is 15.5. The maximum absolute atomic E-state index is 4.43. The first-order chi connectivity index (χ1) is 7.86. The number of aromatic amines is 2. The molecule has 0 spiro atoms. The topological polar surface area (TPSA) is 83.1 Å². The molecule has 0 saturated carbocycles. The number of rotatable bonds is 2. The average Bonchev–Trinajstić information content (AvgIpc) is 2.96. The molecule has 6 nitrogen and oxygen atoms in total. The zero-order chi connectivity index (χ0) is 11.0. The summed E-state index contributed by atoms with van der Waals surface area (Å²) in [6, 6.07) is 5.87. The molecule has 0 saturated heterocycles. The Balaban J connectivity index is 2.15. The highest BCUT2D eigenvalue weighted by molar-refractivity contribution is 5.80.